The Labute approximate surface area is 131 Å². The number of rotatable bonds is 5. The molecule has 2 unspecified atom stereocenters. The lowest BCUT2D eigenvalue weighted by molar-refractivity contribution is -0.142. The number of ether oxygens (including phenoxy) is 1. The van der Waals surface area contributed by atoms with E-state index < -0.39 is 24.0 Å². The van der Waals surface area contributed by atoms with E-state index in [0.29, 0.717) is 5.75 Å². The Morgan fingerprint density at radius 1 is 1.23 bits per heavy atom. The average Bonchev–Trinajstić information content (AvgIpc) is 2.39. The summed E-state index contributed by atoms with van der Waals surface area (Å²) in [5, 5.41) is 11.3. The molecular formula is C17H25NO4. The van der Waals surface area contributed by atoms with Gasteiger partial charge in [-0.1, -0.05) is 39.0 Å². The van der Waals surface area contributed by atoms with Crippen LogP contribution in [0.4, 0.5) is 0 Å². The Morgan fingerprint density at radius 3 is 2.32 bits per heavy atom. The molecule has 2 N–H and O–H groups in total. The van der Waals surface area contributed by atoms with Crippen LogP contribution >= 0.6 is 0 Å². The molecule has 0 fully saturated rings. The Bertz CT molecular complexity index is 560. The highest BCUT2D eigenvalue weighted by atomic mass is 16.5. The molecule has 0 spiro atoms. The normalized spacial score (nSPS) is 14.1. The molecule has 22 heavy (non-hydrogen) atoms. The number of carboxylic acid groups (broad SMARTS) is 1. The van der Waals surface area contributed by atoms with Gasteiger partial charge in [0.15, 0.2) is 6.10 Å². The van der Waals surface area contributed by atoms with Crippen LogP contribution in [0.1, 0.15) is 45.7 Å². The summed E-state index contributed by atoms with van der Waals surface area (Å²) >= 11 is 0. The maximum absolute atomic E-state index is 12.0. The molecule has 1 aromatic carbocycles. The molecule has 0 aliphatic rings. The second kappa shape index (κ2) is 6.81. The van der Waals surface area contributed by atoms with Gasteiger partial charge in [0.2, 0.25) is 0 Å². The Kier molecular flexibility index (Phi) is 5.58. The first-order chi connectivity index (χ1) is 10.0. The van der Waals surface area contributed by atoms with Crippen molar-refractivity contribution in [1.82, 2.24) is 5.32 Å². The van der Waals surface area contributed by atoms with Crippen molar-refractivity contribution in [2.24, 2.45) is 0 Å². The summed E-state index contributed by atoms with van der Waals surface area (Å²) in [4.78, 5) is 22.8. The van der Waals surface area contributed by atoms with E-state index in [1.807, 2.05) is 25.1 Å². The number of aliphatic carboxylic acids is 1. The zero-order valence-electron chi connectivity index (χ0n) is 14.1. The number of amides is 1. The number of hydrogen-bond acceptors (Lipinski definition) is 3. The number of aryl methyl sites for hydroxylation is 1. The number of carboxylic acids is 1. The third-order valence-corrected chi connectivity index (χ3v) is 3.41. The van der Waals surface area contributed by atoms with Crippen LogP contribution in [0.3, 0.4) is 0 Å². The van der Waals surface area contributed by atoms with Crippen LogP contribution in [0.5, 0.6) is 5.75 Å². The highest BCUT2D eigenvalue weighted by molar-refractivity contribution is 5.86. The molecular weight excluding hydrogens is 282 g/mol. The fourth-order valence-corrected chi connectivity index (χ4v) is 2.02. The lowest BCUT2D eigenvalue weighted by atomic mass is 9.85. The summed E-state index contributed by atoms with van der Waals surface area (Å²) in [6, 6.07) is 4.92. The Hall–Kier alpha value is -2.04. The second-order valence-electron chi connectivity index (χ2n) is 6.53. The van der Waals surface area contributed by atoms with Crippen molar-refractivity contribution in [3.05, 3.63) is 29.3 Å². The van der Waals surface area contributed by atoms with E-state index in [1.165, 1.54) is 6.92 Å². The van der Waals surface area contributed by atoms with Crippen molar-refractivity contribution < 1.29 is 19.4 Å². The average molecular weight is 307 g/mol. The number of para-hydroxylation sites is 1. The first-order valence-corrected chi connectivity index (χ1v) is 7.34. The molecule has 0 saturated carbocycles. The maximum Gasteiger partial charge on any atom is 0.325 e. The fraction of sp³-hybridized carbons (Fsp3) is 0.529. The molecule has 2 atom stereocenters. The molecule has 5 nitrogen and oxygen atoms in total. The van der Waals surface area contributed by atoms with Gasteiger partial charge in [-0.3, -0.25) is 9.59 Å². The quantitative estimate of drug-likeness (QED) is 0.877. The van der Waals surface area contributed by atoms with E-state index in [9.17, 15) is 9.59 Å². The van der Waals surface area contributed by atoms with Gasteiger partial charge in [0.1, 0.15) is 11.8 Å². The van der Waals surface area contributed by atoms with Crippen LogP contribution in [0, 0.1) is 6.92 Å². The minimum absolute atomic E-state index is 0.119. The Balaban J connectivity index is 2.95. The molecule has 0 aliphatic heterocycles. The van der Waals surface area contributed by atoms with Gasteiger partial charge in [0, 0.05) is 0 Å². The number of hydrogen-bond donors (Lipinski definition) is 2. The molecule has 0 aliphatic carbocycles. The summed E-state index contributed by atoms with van der Waals surface area (Å²) in [6.07, 6.45) is -0.774. The van der Waals surface area contributed by atoms with Crippen molar-refractivity contribution in [2.45, 2.75) is 59.1 Å². The molecule has 0 saturated heterocycles. The van der Waals surface area contributed by atoms with Crippen LogP contribution in [-0.2, 0) is 15.0 Å². The topological polar surface area (TPSA) is 75.6 Å². The zero-order chi connectivity index (χ0) is 17.1. The van der Waals surface area contributed by atoms with Crippen LogP contribution in [0.25, 0.3) is 0 Å². The van der Waals surface area contributed by atoms with Gasteiger partial charge in [0.25, 0.3) is 5.91 Å². The number of nitrogens with one attached hydrogen (secondary N) is 1. The fourth-order valence-electron chi connectivity index (χ4n) is 2.02. The number of carbonyl (C=O) groups excluding carboxylic acids is 1. The predicted molar refractivity (Wildman–Crippen MR) is 85.2 cm³/mol. The van der Waals surface area contributed by atoms with Gasteiger partial charge < -0.3 is 15.2 Å². The van der Waals surface area contributed by atoms with E-state index in [0.717, 1.165) is 11.1 Å². The van der Waals surface area contributed by atoms with Crippen LogP contribution < -0.4 is 10.1 Å². The lowest BCUT2D eigenvalue weighted by Crippen LogP contribution is -2.44. The third-order valence-electron chi connectivity index (χ3n) is 3.41. The van der Waals surface area contributed by atoms with Crippen LogP contribution in [-0.4, -0.2) is 29.1 Å². The van der Waals surface area contributed by atoms with Crippen molar-refractivity contribution >= 4 is 11.9 Å². The Morgan fingerprint density at radius 2 is 1.82 bits per heavy atom. The molecule has 0 bridgehead atoms. The molecule has 1 rings (SSSR count). The largest absolute Gasteiger partial charge is 0.480 e. The van der Waals surface area contributed by atoms with Gasteiger partial charge >= 0.3 is 5.97 Å². The third kappa shape index (κ3) is 4.48. The SMILES string of the molecule is Cc1cccc(C(C)(C)C)c1OC(C)C(=O)NC(C)C(=O)O. The molecule has 5 heteroatoms. The van der Waals surface area contributed by atoms with E-state index in [2.05, 4.69) is 26.1 Å². The minimum Gasteiger partial charge on any atom is -0.480 e. The zero-order valence-corrected chi connectivity index (χ0v) is 14.1. The van der Waals surface area contributed by atoms with E-state index in [1.54, 1.807) is 6.92 Å². The summed E-state index contributed by atoms with van der Waals surface area (Å²) in [5.41, 5.74) is 1.84. The van der Waals surface area contributed by atoms with Crippen molar-refractivity contribution in [2.75, 3.05) is 0 Å². The van der Waals surface area contributed by atoms with Crippen LogP contribution in [0.2, 0.25) is 0 Å². The molecule has 0 aromatic heterocycles. The smallest absolute Gasteiger partial charge is 0.325 e. The molecule has 1 amide bonds. The molecule has 122 valence electrons. The molecule has 0 radical (unpaired) electrons. The van der Waals surface area contributed by atoms with E-state index >= 15 is 0 Å². The monoisotopic (exact) mass is 307 g/mol. The van der Waals surface area contributed by atoms with Crippen LogP contribution in [0.15, 0.2) is 18.2 Å². The second-order valence-corrected chi connectivity index (χ2v) is 6.53. The summed E-state index contributed by atoms with van der Waals surface area (Å²) in [5.74, 6) is -0.842. The van der Waals surface area contributed by atoms with E-state index in [4.69, 9.17) is 9.84 Å². The predicted octanol–water partition coefficient (Wildman–Crippen LogP) is 2.65. The summed E-state index contributed by atoms with van der Waals surface area (Å²) in [7, 11) is 0. The van der Waals surface area contributed by atoms with Gasteiger partial charge in [-0.25, -0.2) is 0 Å². The minimum atomic E-state index is -1.08. The highest BCUT2D eigenvalue weighted by Crippen LogP contribution is 2.34. The van der Waals surface area contributed by atoms with Gasteiger partial charge in [-0.2, -0.15) is 0 Å². The summed E-state index contributed by atoms with van der Waals surface area (Å²) in [6.45, 7) is 11.2. The first kappa shape index (κ1) is 18.0. The number of carbonyl (C=O) groups is 2. The van der Waals surface area contributed by atoms with Gasteiger partial charge in [-0.05, 0) is 37.3 Å². The van der Waals surface area contributed by atoms with Crippen molar-refractivity contribution in [3.8, 4) is 5.75 Å². The van der Waals surface area contributed by atoms with Crippen molar-refractivity contribution in [3.63, 3.8) is 0 Å². The standard InChI is InChI=1S/C17H25NO4/c1-10-8-7-9-13(17(4,5)6)14(10)22-12(3)15(19)18-11(2)16(20)21/h7-9,11-12H,1-6H3,(H,18,19)(H,20,21). The molecule has 1 aromatic rings. The van der Waals surface area contributed by atoms with Gasteiger partial charge in [-0.15, -0.1) is 0 Å². The summed E-state index contributed by atoms with van der Waals surface area (Å²) < 4.78 is 5.84. The number of benzene rings is 1. The van der Waals surface area contributed by atoms with Gasteiger partial charge in [0.05, 0.1) is 0 Å². The van der Waals surface area contributed by atoms with E-state index in [-0.39, 0.29) is 5.41 Å². The maximum atomic E-state index is 12.0. The molecule has 0 heterocycles. The first-order valence-electron chi connectivity index (χ1n) is 7.34. The lowest BCUT2D eigenvalue weighted by Gasteiger charge is -2.26. The highest BCUT2D eigenvalue weighted by Gasteiger charge is 2.25. The van der Waals surface area contributed by atoms with Crippen molar-refractivity contribution in [1.29, 1.82) is 0 Å².